The third kappa shape index (κ3) is 2.09. The van der Waals surface area contributed by atoms with Gasteiger partial charge in [-0.15, -0.1) is 0 Å². The number of halogens is 3. The zero-order valence-corrected chi connectivity index (χ0v) is 9.25. The van der Waals surface area contributed by atoms with Crippen molar-refractivity contribution in [3.63, 3.8) is 0 Å². The molecule has 6 heteroatoms. The van der Waals surface area contributed by atoms with Gasteiger partial charge < -0.3 is 4.74 Å². The van der Waals surface area contributed by atoms with E-state index in [4.69, 9.17) is 10.00 Å². The fraction of sp³-hybridized carbons (Fsp3) is 0.250. The first kappa shape index (κ1) is 11.1. The summed E-state index contributed by atoms with van der Waals surface area (Å²) in [5.74, 6) is 0.0868. The molecule has 3 nitrogen and oxygen atoms in total. The largest absolute Gasteiger partial charge is 0.481 e. The van der Waals surface area contributed by atoms with E-state index in [2.05, 4.69) is 4.98 Å². The average molecular weight is 310 g/mol. The lowest BCUT2D eigenvalue weighted by atomic mass is 10.2. The second-order valence-corrected chi connectivity index (χ2v) is 3.48. The number of nitrogens with zero attached hydrogens (tertiary/aromatic N) is 2. The van der Waals surface area contributed by atoms with Crippen molar-refractivity contribution in [2.75, 3.05) is 7.11 Å². The quantitative estimate of drug-likeness (QED) is 0.789. The van der Waals surface area contributed by atoms with Gasteiger partial charge >= 0.3 is 0 Å². The second-order valence-electron chi connectivity index (χ2n) is 2.32. The molecule has 0 aliphatic rings. The number of aromatic nitrogens is 1. The molecule has 0 atom stereocenters. The molecule has 14 heavy (non-hydrogen) atoms. The van der Waals surface area contributed by atoms with E-state index in [0.29, 0.717) is 3.57 Å². The van der Waals surface area contributed by atoms with Gasteiger partial charge in [0.15, 0.2) is 0 Å². The van der Waals surface area contributed by atoms with Crippen LogP contribution >= 0.6 is 22.6 Å². The van der Waals surface area contributed by atoms with Crippen molar-refractivity contribution >= 4 is 22.6 Å². The Kier molecular flexibility index (Phi) is 3.57. The van der Waals surface area contributed by atoms with Gasteiger partial charge in [-0.2, -0.15) is 5.26 Å². The SMILES string of the molecule is COc1cc(I)c(C#N)c(C(F)F)n1. The molecular formula is C8H5F2IN2O. The Morgan fingerprint density at radius 3 is 2.71 bits per heavy atom. The fourth-order valence-corrected chi connectivity index (χ4v) is 1.55. The maximum atomic E-state index is 12.4. The summed E-state index contributed by atoms with van der Waals surface area (Å²) in [5, 5.41) is 8.64. The van der Waals surface area contributed by atoms with Crippen LogP contribution in [0.3, 0.4) is 0 Å². The Labute approximate surface area is 92.8 Å². The van der Waals surface area contributed by atoms with Gasteiger partial charge in [-0.25, -0.2) is 13.8 Å². The topological polar surface area (TPSA) is 45.9 Å². The Morgan fingerprint density at radius 1 is 1.64 bits per heavy atom. The van der Waals surface area contributed by atoms with Gasteiger partial charge in [-0.1, -0.05) is 0 Å². The van der Waals surface area contributed by atoms with E-state index in [1.807, 2.05) is 0 Å². The molecule has 0 N–H and O–H groups in total. The zero-order valence-electron chi connectivity index (χ0n) is 7.09. The number of nitriles is 1. The summed E-state index contributed by atoms with van der Waals surface area (Å²) in [6.45, 7) is 0. The van der Waals surface area contributed by atoms with Crippen molar-refractivity contribution in [1.29, 1.82) is 5.26 Å². The summed E-state index contributed by atoms with van der Waals surface area (Å²) < 4.78 is 30.0. The minimum atomic E-state index is -2.77. The molecule has 0 bridgehead atoms. The van der Waals surface area contributed by atoms with E-state index in [1.54, 1.807) is 28.7 Å². The zero-order chi connectivity index (χ0) is 10.7. The highest BCUT2D eigenvalue weighted by Gasteiger charge is 2.19. The van der Waals surface area contributed by atoms with Crippen LogP contribution in [0.5, 0.6) is 5.88 Å². The first-order chi connectivity index (χ1) is 6.60. The minimum Gasteiger partial charge on any atom is -0.481 e. The summed E-state index contributed by atoms with van der Waals surface area (Å²) in [7, 11) is 1.33. The predicted molar refractivity (Wildman–Crippen MR) is 53.2 cm³/mol. The summed E-state index contributed by atoms with van der Waals surface area (Å²) in [4.78, 5) is 3.52. The van der Waals surface area contributed by atoms with E-state index in [0.717, 1.165) is 0 Å². The average Bonchev–Trinajstić information content (AvgIpc) is 2.16. The maximum Gasteiger partial charge on any atom is 0.281 e. The molecule has 1 rings (SSSR count). The van der Waals surface area contributed by atoms with Crippen molar-refractivity contribution < 1.29 is 13.5 Å². The lowest BCUT2D eigenvalue weighted by Crippen LogP contribution is -2.00. The van der Waals surface area contributed by atoms with E-state index in [1.165, 1.54) is 13.2 Å². The molecule has 0 aliphatic carbocycles. The third-order valence-corrected chi connectivity index (χ3v) is 2.35. The van der Waals surface area contributed by atoms with E-state index >= 15 is 0 Å². The van der Waals surface area contributed by atoms with Crippen molar-refractivity contribution in [3.05, 3.63) is 20.9 Å². The first-order valence-corrected chi connectivity index (χ1v) is 4.60. The van der Waals surface area contributed by atoms with Crippen LogP contribution in [0.15, 0.2) is 6.07 Å². The van der Waals surface area contributed by atoms with Crippen molar-refractivity contribution in [2.45, 2.75) is 6.43 Å². The van der Waals surface area contributed by atoms with Gasteiger partial charge in [0.1, 0.15) is 11.8 Å². The van der Waals surface area contributed by atoms with Gasteiger partial charge in [0, 0.05) is 9.64 Å². The third-order valence-electron chi connectivity index (χ3n) is 1.50. The molecule has 1 aromatic heterocycles. The van der Waals surface area contributed by atoms with Crippen LogP contribution in [-0.4, -0.2) is 12.1 Å². The Morgan fingerprint density at radius 2 is 2.29 bits per heavy atom. The summed E-state index contributed by atoms with van der Waals surface area (Å²) >= 11 is 1.79. The van der Waals surface area contributed by atoms with Crippen LogP contribution in [-0.2, 0) is 0 Å². The summed E-state index contributed by atoms with van der Waals surface area (Å²) in [6.07, 6.45) is -2.77. The molecule has 0 fully saturated rings. The molecule has 0 saturated heterocycles. The molecule has 0 aliphatic heterocycles. The summed E-state index contributed by atoms with van der Waals surface area (Å²) in [5.41, 5.74) is -0.627. The van der Waals surface area contributed by atoms with Crippen LogP contribution < -0.4 is 4.74 Å². The van der Waals surface area contributed by atoms with Crippen LogP contribution in [0.2, 0.25) is 0 Å². The van der Waals surface area contributed by atoms with Crippen LogP contribution in [0.1, 0.15) is 17.7 Å². The molecule has 1 aromatic rings. The van der Waals surface area contributed by atoms with E-state index in [9.17, 15) is 8.78 Å². The van der Waals surface area contributed by atoms with Gasteiger partial charge in [0.05, 0.1) is 12.7 Å². The van der Waals surface area contributed by atoms with Crippen molar-refractivity contribution in [3.8, 4) is 11.9 Å². The second kappa shape index (κ2) is 4.50. The molecular weight excluding hydrogens is 305 g/mol. The minimum absolute atomic E-state index is 0.0868. The van der Waals surface area contributed by atoms with Crippen LogP contribution in [0.25, 0.3) is 0 Å². The van der Waals surface area contributed by atoms with Crippen molar-refractivity contribution in [1.82, 2.24) is 4.98 Å². The number of ether oxygens (including phenoxy) is 1. The molecule has 1 heterocycles. The predicted octanol–water partition coefficient (Wildman–Crippen LogP) is 2.50. The molecule has 0 radical (unpaired) electrons. The van der Waals surface area contributed by atoms with Crippen LogP contribution in [0.4, 0.5) is 8.78 Å². The summed E-state index contributed by atoms with van der Waals surface area (Å²) in [6, 6.07) is 3.13. The fourth-order valence-electron chi connectivity index (χ4n) is 0.883. The molecule has 0 saturated carbocycles. The standard InChI is InChI=1S/C8H5F2IN2O/c1-14-6-2-5(11)4(3-12)7(13-6)8(9)10/h2,8H,1H3. The number of hydrogen-bond acceptors (Lipinski definition) is 3. The molecule has 0 unspecified atom stereocenters. The Hall–Kier alpha value is -0.970. The number of alkyl halides is 2. The number of rotatable bonds is 2. The van der Waals surface area contributed by atoms with Gasteiger partial charge in [-0.3, -0.25) is 0 Å². The van der Waals surface area contributed by atoms with Crippen molar-refractivity contribution in [2.24, 2.45) is 0 Å². The number of methoxy groups -OCH3 is 1. The molecule has 0 spiro atoms. The van der Waals surface area contributed by atoms with Gasteiger partial charge in [0.25, 0.3) is 6.43 Å². The Bertz CT molecular complexity index is 390. The maximum absolute atomic E-state index is 12.4. The number of pyridine rings is 1. The molecule has 74 valence electrons. The highest BCUT2D eigenvalue weighted by atomic mass is 127. The first-order valence-electron chi connectivity index (χ1n) is 3.52. The van der Waals surface area contributed by atoms with Crippen LogP contribution in [0, 0.1) is 14.9 Å². The molecule has 0 amide bonds. The number of hydrogen-bond donors (Lipinski definition) is 0. The highest BCUT2D eigenvalue weighted by molar-refractivity contribution is 14.1. The van der Waals surface area contributed by atoms with Gasteiger partial charge in [-0.05, 0) is 22.6 Å². The van der Waals surface area contributed by atoms with E-state index < -0.39 is 12.1 Å². The Balaban J connectivity index is 3.37. The van der Waals surface area contributed by atoms with E-state index in [-0.39, 0.29) is 11.4 Å². The smallest absolute Gasteiger partial charge is 0.281 e. The lowest BCUT2D eigenvalue weighted by molar-refractivity contribution is 0.144. The monoisotopic (exact) mass is 310 g/mol. The lowest BCUT2D eigenvalue weighted by Gasteiger charge is -2.06. The normalized spacial score (nSPS) is 10.0. The highest BCUT2D eigenvalue weighted by Crippen LogP contribution is 2.27. The van der Waals surface area contributed by atoms with Gasteiger partial charge in [0.2, 0.25) is 5.88 Å². The molecule has 0 aromatic carbocycles.